The van der Waals surface area contributed by atoms with Crippen molar-refractivity contribution in [3.05, 3.63) is 29.4 Å². The molecule has 0 bridgehead atoms. The minimum Gasteiger partial charge on any atom is -0.291 e. The molecule has 3 aromatic heterocycles. The lowest BCUT2D eigenvalue weighted by molar-refractivity contribution is -0.117. The molecular formula is C17H20N4OS2. The fourth-order valence-corrected chi connectivity index (χ4v) is 4.27. The highest BCUT2D eigenvalue weighted by molar-refractivity contribution is 7.80. The van der Waals surface area contributed by atoms with Crippen LogP contribution in [0.5, 0.6) is 0 Å². The maximum atomic E-state index is 12.5. The number of hydrogen-bond acceptors (Lipinski definition) is 5. The summed E-state index contributed by atoms with van der Waals surface area (Å²) in [4.78, 5) is 26.2. The predicted octanol–water partition coefficient (Wildman–Crippen LogP) is 4.21. The fourth-order valence-electron chi connectivity index (χ4n) is 2.85. The van der Waals surface area contributed by atoms with Crippen molar-refractivity contribution in [3.63, 3.8) is 0 Å². The van der Waals surface area contributed by atoms with Crippen LogP contribution in [0.2, 0.25) is 0 Å². The Morgan fingerprint density at radius 1 is 1.38 bits per heavy atom. The summed E-state index contributed by atoms with van der Waals surface area (Å²) in [6.45, 7) is 9.64. The standard InChI is InChI=1S/C17H20N4OS2/c1-10-9-12(23)14(24-10)13-15(21(11(2)22)17(3,4)5)20-8-6-7-18-16(20)19-13/h6-9,23H,1-5H3. The minimum absolute atomic E-state index is 0.0385. The number of thiophene rings is 1. The molecule has 0 aromatic carbocycles. The second-order valence-electron chi connectivity index (χ2n) is 6.67. The number of aromatic nitrogens is 3. The number of anilines is 1. The number of aryl methyl sites for hydroxylation is 1. The summed E-state index contributed by atoms with van der Waals surface area (Å²) < 4.78 is 1.87. The first-order chi connectivity index (χ1) is 11.2. The molecule has 3 aromatic rings. The van der Waals surface area contributed by atoms with Gasteiger partial charge in [0.25, 0.3) is 0 Å². The Hall–Kier alpha value is -1.86. The highest BCUT2D eigenvalue weighted by atomic mass is 32.1. The lowest BCUT2D eigenvalue weighted by atomic mass is 10.1. The van der Waals surface area contributed by atoms with Gasteiger partial charge in [0.1, 0.15) is 5.69 Å². The minimum atomic E-state index is -0.393. The molecule has 0 spiro atoms. The van der Waals surface area contributed by atoms with Crippen LogP contribution in [0.25, 0.3) is 16.3 Å². The van der Waals surface area contributed by atoms with Crippen molar-refractivity contribution in [3.8, 4) is 10.6 Å². The van der Waals surface area contributed by atoms with Crippen LogP contribution in [-0.4, -0.2) is 25.8 Å². The van der Waals surface area contributed by atoms with E-state index in [1.54, 1.807) is 29.4 Å². The van der Waals surface area contributed by atoms with Gasteiger partial charge in [0.05, 0.1) is 4.88 Å². The van der Waals surface area contributed by atoms with Gasteiger partial charge in [-0.05, 0) is 39.8 Å². The molecule has 126 valence electrons. The molecule has 5 nitrogen and oxygen atoms in total. The first kappa shape index (κ1) is 17.0. The molecule has 0 aliphatic carbocycles. The van der Waals surface area contributed by atoms with Crippen LogP contribution >= 0.6 is 24.0 Å². The summed E-state index contributed by atoms with van der Waals surface area (Å²) in [6.07, 6.45) is 3.58. The van der Waals surface area contributed by atoms with Crippen LogP contribution < -0.4 is 4.90 Å². The van der Waals surface area contributed by atoms with Gasteiger partial charge in [-0.2, -0.15) is 0 Å². The zero-order valence-electron chi connectivity index (χ0n) is 14.4. The molecular weight excluding hydrogens is 340 g/mol. The van der Waals surface area contributed by atoms with E-state index in [0.717, 1.165) is 26.2 Å². The van der Waals surface area contributed by atoms with Gasteiger partial charge in [-0.1, -0.05) is 0 Å². The number of nitrogens with zero attached hydrogens (tertiary/aromatic N) is 4. The molecule has 0 saturated carbocycles. The molecule has 0 atom stereocenters. The van der Waals surface area contributed by atoms with Crippen LogP contribution in [0.1, 0.15) is 32.6 Å². The molecule has 3 rings (SSSR count). The number of thiol groups is 1. The average Bonchev–Trinajstić information content (AvgIpc) is 2.98. The van der Waals surface area contributed by atoms with Crippen LogP contribution in [0, 0.1) is 6.92 Å². The largest absolute Gasteiger partial charge is 0.291 e. The van der Waals surface area contributed by atoms with E-state index in [0.29, 0.717) is 5.78 Å². The van der Waals surface area contributed by atoms with Gasteiger partial charge in [-0.3, -0.25) is 14.1 Å². The topological polar surface area (TPSA) is 50.5 Å². The number of hydrogen-bond donors (Lipinski definition) is 1. The van der Waals surface area contributed by atoms with Crippen molar-refractivity contribution in [1.82, 2.24) is 14.4 Å². The van der Waals surface area contributed by atoms with Crippen LogP contribution in [0.3, 0.4) is 0 Å². The number of carbonyl (C=O) groups is 1. The summed E-state index contributed by atoms with van der Waals surface area (Å²) in [5.41, 5.74) is 0.344. The third-order valence-electron chi connectivity index (χ3n) is 3.63. The number of fused-ring (bicyclic) bond motifs is 1. The van der Waals surface area contributed by atoms with Gasteiger partial charge in [0.2, 0.25) is 11.7 Å². The summed E-state index contributed by atoms with van der Waals surface area (Å²) in [5.74, 6) is 1.26. The van der Waals surface area contributed by atoms with Gasteiger partial charge >= 0.3 is 0 Å². The second-order valence-corrected chi connectivity index (χ2v) is 8.41. The predicted molar refractivity (Wildman–Crippen MR) is 101 cm³/mol. The molecule has 0 unspecified atom stereocenters. The molecule has 0 saturated heterocycles. The Morgan fingerprint density at radius 2 is 2.08 bits per heavy atom. The lowest BCUT2D eigenvalue weighted by Crippen LogP contribution is -2.45. The summed E-state index contributed by atoms with van der Waals surface area (Å²) >= 11 is 6.21. The van der Waals surface area contributed by atoms with Gasteiger partial charge < -0.3 is 0 Å². The van der Waals surface area contributed by atoms with Crippen molar-refractivity contribution in [1.29, 1.82) is 0 Å². The van der Waals surface area contributed by atoms with E-state index in [-0.39, 0.29) is 5.91 Å². The van der Waals surface area contributed by atoms with E-state index in [2.05, 4.69) is 17.6 Å². The van der Waals surface area contributed by atoms with Crippen molar-refractivity contribution in [2.75, 3.05) is 4.90 Å². The van der Waals surface area contributed by atoms with Crippen LogP contribution in [0.4, 0.5) is 5.82 Å². The Labute approximate surface area is 150 Å². The first-order valence-corrected chi connectivity index (χ1v) is 8.90. The smallest absolute Gasteiger partial charge is 0.236 e. The molecule has 0 N–H and O–H groups in total. The van der Waals surface area contributed by atoms with E-state index in [4.69, 9.17) is 4.98 Å². The third-order valence-corrected chi connectivity index (χ3v) is 5.19. The SMILES string of the molecule is CC(=O)N(c1c(-c2sc(C)cc2S)nc2ncccn12)C(C)(C)C. The van der Waals surface area contributed by atoms with Gasteiger partial charge in [-0.15, -0.1) is 24.0 Å². The Bertz CT molecular complexity index is 920. The maximum absolute atomic E-state index is 12.5. The monoisotopic (exact) mass is 360 g/mol. The quantitative estimate of drug-likeness (QED) is 0.697. The zero-order valence-corrected chi connectivity index (χ0v) is 16.1. The Balaban J connectivity index is 2.38. The van der Waals surface area contributed by atoms with Gasteiger partial charge in [0.15, 0.2) is 5.82 Å². The molecule has 24 heavy (non-hydrogen) atoms. The summed E-state index contributed by atoms with van der Waals surface area (Å²) in [7, 11) is 0. The fraction of sp³-hybridized carbons (Fsp3) is 0.353. The number of amides is 1. The molecule has 0 aliphatic heterocycles. The maximum Gasteiger partial charge on any atom is 0.236 e. The van der Waals surface area contributed by atoms with E-state index in [9.17, 15) is 4.79 Å². The molecule has 1 amide bonds. The van der Waals surface area contributed by atoms with Gasteiger partial charge in [-0.25, -0.2) is 9.97 Å². The van der Waals surface area contributed by atoms with E-state index >= 15 is 0 Å². The number of rotatable bonds is 2. The Kier molecular flexibility index (Phi) is 4.17. The first-order valence-electron chi connectivity index (χ1n) is 7.64. The Morgan fingerprint density at radius 3 is 2.62 bits per heavy atom. The number of carbonyl (C=O) groups excluding carboxylic acids is 1. The van der Waals surface area contributed by atoms with Crippen molar-refractivity contribution >= 4 is 41.5 Å². The molecule has 0 radical (unpaired) electrons. The molecule has 0 fully saturated rings. The summed E-state index contributed by atoms with van der Waals surface area (Å²) in [6, 6.07) is 3.85. The second kappa shape index (κ2) is 5.89. The van der Waals surface area contributed by atoms with Crippen molar-refractivity contribution in [2.45, 2.75) is 45.1 Å². The average molecular weight is 361 g/mol. The molecule has 3 heterocycles. The normalized spacial score (nSPS) is 11.9. The number of imidazole rings is 1. The van der Waals surface area contributed by atoms with Crippen LogP contribution in [0.15, 0.2) is 29.4 Å². The summed E-state index contributed by atoms with van der Waals surface area (Å²) in [5, 5.41) is 0. The van der Waals surface area contributed by atoms with Crippen molar-refractivity contribution in [2.24, 2.45) is 0 Å². The van der Waals surface area contributed by atoms with E-state index < -0.39 is 5.54 Å². The lowest BCUT2D eigenvalue weighted by Gasteiger charge is -2.34. The van der Waals surface area contributed by atoms with E-state index in [1.165, 1.54) is 0 Å². The van der Waals surface area contributed by atoms with Crippen LogP contribution in [-0.2, 0) is 4.79 Å². The highest BCUT2D eigenvalue weighted by Crippen LogP contribution is 2.41. The molecule has 0 aliphatic rings. The third kappa shape index (κ3) is 2.82. The molecule has 7 heteroatoms. The highest BCUT2D eigenvalue weighted by Gasteiger charge is 2.32. The van der Waals surface area contributed by atoms with Gasteiger partial charge in [0, 0.05) is 34.6 Å². The zero-order chi connectivity index (χ0) is 17.6. The van der Waals surface area contributed by atoms with E-state index in [1.807, 2.05) is 50.4 Å². The van der Waals surface area contributed by atoms with Crippen molar-refractivity contribution < 1.29 is 4.79 Å².